The lowest BCUT2D eigenvalue weighted by Crippen LogP contribution is -2.48. The summed E-state index contributed by atoms with van der Waals surface area (Å²) in [6.07, 6.45) is 9.14. The minimum Gasteiger partial charge on any atom is -0.466 e. The molecule has 0 amide bonds. The Balaban J connectivity index is 2.30. The van der Waals surface area contributed by atoms with Crippen LogP contribution in [0.5, 0.6) is 0 Å². The van der Waals surface area contributed by atoms with Gasteiger partial charge in [0.15, 0.2) is 34.8 Å². The maximum Gasteiger partial charge on any atom is 0.305 e. The SMILES string of the molecule is CCOC(=O)CCC/C=C\C[C@@H]1[C@@H](C(C[C@H](CCc2ccccc2)O[Si](CC)(CC)CC)S(=O)(=O)c2ccccc2)[C@H](O[Si](CC)(CC)CC)C[C@@H]1O[Si](CC)(CC)CC. The number of esters is 1. The molecule has 340 valence electrons. The summed E-state index contributed by atoms with van der Waals surface area (Å²) >= 11 is 0. The van der Waals surface area contributed by atoms with Gasteiger partial charge in [-0.05, 0) is 130 Å². The van der Waals surface area contributed by atoms with Crippen molar-refractivity contribution in [1.82, 2.24) is 0 Å². The van der Waals surface area contributed by atoms with Gasteiger partial charge in [0.1, 0.15) is 0 Å². The van der Waals surface area contributed by atoms with Crippen molar-refractivity contribution in [3.05, 3.63) is 78.4 Å². The molecule has 60 heavy (non-hydrogen) atoms. The van der Waals surface area contributed by atoms with Gasteiger partial charge in [0, 0.05) is 18.4 Å². The van der Waals surface area contributed by atoms with E-state index in [4.69, 9.17) is 18.0 Å². The fourth-order valence-electron chi connectivity index (χ4n) is 9.87. The summed E-state index contributed by atoms with van der Waals surface area (Å²) in [4.78, 5) is 12.5. The first kappa shape index (κ1) is 52.5. The summed E-state index contributed by atoms with van der Waals surface area (Å²) in [5, 5.41) is -0.725. The Labute approximate surface area is 370 Å². The number of carbonyl (C=O) groups excluding carboxylic acids is 1. The van der Waals surface area contributed by atoms with Gasteiger partial charge < -0.3 is 18.0 Å². The Morgan fingerprint density at radius 2 is 1.22 bits per heavy atom. The number of carbonyl (C=O) groups is 1. The van der Waals surface area contributed by atoms with Gasteiger partial charge in [-0.3, -0.25) is 4.79 Å². The van der Waals surface area contributed by atoms with Crippen LogP contribution in [-0.4, -0.2) is 69.5 Å². The van der Waals surface area contributed by atoms with Crippen molar-refractivity contribution in [3.63, 3.8) is 0 Å². The first-order chi connectivity index (χ1) is 28.8. The Morgan fingerprint density at radius 3 is 1.73 bits per heavy atom. The number of unbranched alkanes of at least 4 members (excludes halogenated alkanes) is 1. The minimum atomic E-state index is -3.87. The number of benzene rings is 2. The molecule has 0 saturated heterocycles. The first-order valence-electron chi connectivity index (χ1n) is 24.0. The van der Waals surface area contributed by atoms with Crippen molar-refractivity contribution in [1.29, 1.82) is 0 Å². The van der Waals surface area contributed by atoms with Crippen molar-refractivity contribution in [2.75, 3.05) is 6.61 Å². The Hall–Kier alpha value is -1.87. The molecule has 0 spiro atoms. The van der Waals surface area contributed by atoms with E-state index in [0.29, 0.717) is 43.6 Å². The Kier molecular flexibility index (Phi) is 22.8. The van der Waals surface area contributed by atoms with E-state index in [1.807, 2.05) is 25.1 Å². The zero-order valence-electron chi connectivity index (χ0n) is 39.4. The molecule has 11 heteroatoms. The van der Waals surface area contributed by atoms with Gasteiger partial charge in [-0.15, -0.1) is 0 Å². The van der Waals surface area contributed by atoms with E-state index in [0.717, 1.165) is 73.7 Å². The van der Waals surface area contributed by atoms with Gasteiger partial charge in [0.2, 0.25) is 0 Å². The molecule has 0 radical (unpaired) electrons. The molecule has 0 N–H and O–H groups in total. The third kappa shape index (κ3) is 14.3. The van der Waals surface area contributed by atoms with Crippen molar-refractivity contribution in [2.45, 2.75) is 203 Å². The largest absolute Gasteiger partial charge is 0.466 e. The highest BCUT2D eigenvalue weighted by Crippen LogP contribution is 2.49. The van der Waals surface area contributed by atoms with E-state index in [1.165, 1.54) is 5.56 Å². The highest BCUT2D eigenvalue weighted by molar-refractivity contribution is 7.92. The number of ether oxygens (including phenoxy) is 1. The maximum atomic E-state index is 15.7. The van der Waals surface area contributed by atoms with E-state index in [2.05, 4.69) is 105 Å². The summed E-state index contributed by atoms with van der Waals surface area (Å²) in [7, 11) is -10.3. The van der Waals surface area contributed by atoms with E-state index in [-0.39, 0.29) is 36.1 Å². The molecule has 0 heterocycles. The van der Waals surface area contributed by atoms with E-state index < -0.39 is 40.0 Å². The van der Waals surface area contributed by atoms with Gasteiger partial charge in [0.05, 0.1) is 29.0 Å². The van der Waals surface area contributed by atoms with Crippen LogP contribution in [-0.2, 0) is 39.1 Å². The minimum absolute atomic E-state index is 0.0612. The van der Waals surface area contributed by atoms with Gasteiger partial charge in [-0.2, -0.15) is 0 Å². The quantitative estimate of drug-likeness (QED) is 0.0334. The molecule has 2 aromatic rings. The van der Waals surface area contributed by atoms with Crippen LogP contribution in [0, 0.1) is 11.8 Å². The second-order valence-electron chi connectivity index (χ2n) is 17.3. The molecule has 1 aliphatic carbocycles. The molecule has 1 aliphatic rings. The highest BCUT2D eigenvalue weighted by atomic mass is 32.2. The maximum absolute atomic E-state index is 15.7. The average Bonchev–Trinajstić information content (AvgIpc) is 3.60. The Morgan fingerprint density at radius 1 is 0.700 bits per heavy atom. The van der Waals surface area contributed by atoms with Crippen LogP contribution in [0.25, 0.3) is 0 Å². The van der Waals surface area contributed by atoms with Gasteiger partial charge >= 0.3 is 5.97 Å². The van der Waals surface area contributed by atoms with Crippen molar-refractivity contribution >= 4 is 40.8 Å². The summed E-state index contributed by atoms with van der Waals surface area (Å²) < 4.78 is 59.2. The molecule has 0 aromatic heterocycles. The summed E-state index contributed by atoms with van der Waals surface area (Å²) in [6.45, 7) is 22.7. The molecule has 1 saturated carbocycles. The van der Waals surface area contributed by atoms with E-state index in [9.17, 15) is 4.79 Å². The van der Waals surface area contributed by atoms with Crippen LogP contribution in [0.3, 0.4) is 0 Å². The summed E-state index contributed by atoms with van der Waals surface area (Å²) in [5.41, 5.74) is 1.25. The van der Waals surface area contributed by atoms with Crippen molar-refractivity contribution in [2.24, 2.45) is 11.8 Å². The van der Waals surface area contributed by atoms with Crippen LogP contribution in [0.4, 0.5) is 0 Å². The number of rotatable bonds is 30. The number of hydrogen-bond acceptors (Lipinski definition) is 7. The second-order valence-corrected chi connectivity index (χ2v) is 33.7. The number of allylic oxidation sites excluding steroid dienone is 2. The third-order valence-corrected chi connectivity index (χ3v) is 30.8. The number of hydrogen-bond donors (Lipinski definition) is 0. The third-order valence-electron chi connectivity index (χ3n) is 14.5. The van der Waals surface area contributed by atoms with E-state index in [1.54, 1.807) is 12.1 Å². The molecule has 2 aromatic carbocycles. The smallest absolute Gasteiger partial charge is 0.305 e. The molecule has 0 bridgehead atoms. The molecule has 7 nitrogen and oxygen atoms in total. The lowest BCUT2D eigenvalue weighted by Gasteiger charge is -2.41. The number of sulfone groups is 1. The van der Waals surface area contributed by atoms with Crippen LogP contribution in [0.15, 0.2) is 77.7 Å². The highest BCUT2D eigenvalue weighted by Gasteiger charge is 2.55. The number of aryl methyl sites for hydroxylation is 1. The normalized spacial score (nSPS) is 20.1. The van der Waals surface area contributed by atoms with Crippen LogP contribution in [0.2, 0.25) is 54.4 Å². The molecule has 1 fully saturated rings. The van der Waals surface area contributed by atoms with Gasteiger partial charge in [0.25, 0.3) is 0 Å². The lowest BCUT2D eigenvalue weighted by atomic mass is 9.85. The standard InChI is InChI=1S/C49H84O7SSi3/c1-11-53-48(50)36-30-22-21-29-35-44-45(55-59(15-5,16-6)17-7)40-46(56-60(18-8,19-9)20-10)49(44)47(57(51,52)43-33-27-24-28-34-43)39-42(54-58(12-2,13-3)14-4)38-37-41-31-25-23-26-32-41/h21,23-29,31-34,42,44-47,49H,11-20,22,30,35-40H2,1-10H3/b29-21-/t42-,44-,45-,46+,47?,49+/m0/s1. The fraction of sp³-hybridized carbons (Fsp3) is 0.694. The second kappa shape index (κ2) is 26.0. The Bertz CT molecular complexity index is 1600. The van der Waals surface area contributed by atoms with E-state index >= 15 is 8.42 Å². The zero-order chi connectivity index (χ0) is 44.2. The van der Waals surface area contributed by atoms with Crippen molar-refractivity contribution < 1.29 is 31.2 Å². The predicted molar refractivity (Wildman–Crippen MR) is 259 cm³/mol. The van der Waals surface area contributed by atoms with Crippen LogP contribution < -0.4 is 0 Å². The molecular formula is C49H84O7SSi3. The molecule has 3 rings (SSSR count). The van der Waals surface area contributed by atoms with Crippen molar-refractivity contribution in [3.8, 4) is 0 Å². The van der Waals surface area contributed by atoms with Crippen LogP contribution >= 0.6 is 0 Å². The van der Waals surface area contributed by atoms with Crippen LogP contribution in [0.1, 0.15) is 120 Å². The summed E-state index contributed by atoms with van der Waals surface area (Å²) in [5.74, 6) is -0.513. The topological polar surface area (TPSA) is 88.1 Å². The molecule has 1 unspecified atom stereocenters. The molecule has 0 aliphatic heterocycles. The van der Waals surface area contributed by atoms with Gasteiger partial charge in [-0.25, -0.2) is 8.42 Å². The average molecular weight is 902 g/mol. The zero-order valence-corrected chi connectivity index (χ0v) is 43.2. The monoisotopic (exact) mass is 901 g/mol. The van der Waals surface area contributed by atoms with Gasteiger partial charge in [-0.1, -0.05) is 123 Å². The molecule has 6 atom stereocenters. The predicted octanol–water partition coefficient (Wildman–Crippen LogP) is 13.3. The first-order valence-corrected chi connectivity index (χ1v) is 33.1. The lowest BCUT2D eigenvalue weighted by molar-refractivity contribution is -0.143. The molecular weight excluding hydrogens is 817 g/mol. The fourth-order valence-corrected chi connectivity index (χ4v) is 20.7. The summed E-state index contributed by atoms with van der Waals surface area (Å²) in [6, 6.07) is 28.8.